The number of benzene rings is 2. The van der Waals surface area contributed by atoms with Crippen LogP contribution in [0.5, 0.6) is 11.5 Å². The number of ketones is 1. The van der Waals surface area contributed by atoms with Crippen molar-refractivity contribution in [2.45, 2.75) is 19.4 Å². The molecule has 0 saturated heterocycles. The predicted octanol–water partition coefficient (Wildman–Crippen LogP) is 2.57. The lowest BCUT2D eigenvalue weighted by Crippen LogP contribution is -2.40. The highest BCUT2D eigenvalue weighted by Crippen LogP contribution is 2.26. The molecule has 120 valence electrons. The first-order chi connectivity index (χ1) is 10.7. The van der Waals surface area contributed by atoms with Crippen LogP contribution in [-0.4, -0.2) is 27.8 Å². The Morgan fingerprint density at radius 3 is 2.35 bits per heavy atom. The largest absolute Gasteiger partial charge is 0.508 e. The Kier molecular flexibility index (Phi) is 4.27. The summed E-state index contributed by atoms with van der Waals surface area (Å²) in [5.41, 5.74) is 5.88. The van der Waals surface area contributed by atoms with E-state index in [1.807, 2.05) is 0 Å². The molecule has 0 aliphatic heterocycles. The molecular formula is C17H18N2O4. The smallest absolute Gasteiger partial charge is 0.187 e. The third kappa shape index (κ3) is 3.79. The number of hydrogen-bond acceptors (Lipinski definition) is 6. The molecule has 2 rings (SSSR count). The zero-order chi connectivity index (χ0) is 17.2. The molecule has 0 fully saturated rings. The number of phenolic OH excluding ortho intramolecular Hbond substituents is 2. The summed E-state index contributed by atoms with van der Waals surface area (Å²) < 4.78 is 0. The van der Waals surface area contributed by atoms with Gasteiger partial charge in [-0.25, -0.2) is 0 Å². The predicted molar refractivity (Wildman–Crippen MR) is 88.0 cm³/mol. The van der Waals surface area contributed by atoms with Gasteiger partial charge in [0.2, 0.25) is 0 Å². The summed E-state index contributed by atoms with van der Waals surface area (Å²) in [6.07, 6.45) is 0.562. The number of phenols is 2. The maximum Gasteiger partial charge on any atom is 0.187 e. The number of hydrogen-bond donors (Lipinski definition) is 4. The summed E-state index contributed by atoms with van der Waals surface area (Å²) in [5, 5.41) is 22.2. The molecule has 0 amide bonds. The Bertz CT molecular complexity index is 749. The van der Waals surface area contributed by atoms with Crippen LogP contribution < -0.4 is 11.1 Å². The second-order valence-electron chi connectivity index (χ2n) is 5.82. The third-order valence-corrected chi connectivity index (χ3v) is 3.30. The van der Waals surface area contributed by atoms with Crippen molar-refractivity contribution in [3.05, 3.63) is 47.5 Å². The Hall–Kier alpha value is -3.02. The molecule has 0 radical (unpaired) electrons. The molecule has 5 N–H and O–H groups in total. The molecule has 23 heavy (non-hydrogen) atoms. The maximum atomic E-state index is 12.7. The first-order valence-electron chi connectivity index (χ1n) is 6.93. The van der Waals surface area contributed by atoms with E-state index in [9.17, 15) is 19.8 Å². The minimum absolute atomic E-state index is 0.0173. The third-order valence-electron chi connectivity index (χ3n) is 3.30. The molecule has 2 aromatic rings. The van der Waals surface area contributed by atoms with Gasteiger partial charge < -0.3 is 21.3 Å². The van der Waals surface area contributed by atoms with Gasteiger partial charge in [-0.3, -0.25) is 9.59 Å². The zero-order valence-electron chi connectivity index (χ0n) is 12.8. The van der Waals surface area contributed by atoms with Gasteiger partial charge in [0.25, 0.3) is 0 Å². The summed E-state index contributed by atoms with van der Waals surface area (Å²) in [5.74, 6) is -0.495. The van der Waals surface area contributed by atoms with Gasteiger partial charge in [0, 0.05) is 34.6 Å². The molecule has 0 saturated carbocycles. The van der Waals surface area contributed by atoms with Crippen molar-refractivity contribution in [1.82, 2.24) is 0 Å². The quantitative estimate of drug-likeness (QED) is 0.383. The van der Waals surface area contributed by atoms with Gasteiger partial charge >= 0.3 is 0 Å². The minimum Gasteiger partial charge on any atom is -0.508 e. The zero-order valence-corrected chi connectivity index (χ0v) is 12.8. The number of nitrogens with one attached hydrogen (secondary N) is 1. The van der Waals surface area contributed by atoms with Crippen molar-refractivity contribution in [1.29, 1.82) is 0 Å². The summed E-state index contributed by atoms with van der Waals surface area (Å²) in [6.45, 7) is 3.31. The number of carbonyl (C=O) groups is 2. The summed E-state index contributed by atoms with van der Waals surface area (Å²) >= 11 is 0. The lowest BCUT2D eigenvalue weighted by atomic mass is 9.91. The molecule has 0 aliphatic carbocycles. The molecule has 6 nitrogen and oxygen atoms in total. The average molecular weight is 314 g/mol. The van der Waals surface area contributed by atoms with E-state index >= 15 is 0 Å². The second-order valence-corrected chi connectivity index (χ2v) is 5.82. The lowest BCUT2D eigenvalue weighted by molar-refractivity contribution is 0.0926. The van der Waals surface area contributed by atoms with Gasteiger partial charge in [0.1, 0.15) is 17.8 Å². The van der Waals surface area contributed by atoms with E-state index in [-0.39, 0.29) is 28.4 Å². The fraction of sp³-hybridized carbons (Fsp3) is 0.176. The summed E-state index contributed by atoms with van der Waals surface area (Å²) in [6, 6.07) is 8.43. The van der Waals surface area contributed by atoms with Crippen LogP contribution in [0.25, 0.3) is 0 Å². The highest BCUT2D eigenvalue weighted by atomic mass is 16.3. The number of nitrogen functional groups attached to an aromatic ring is 1. The van der Waals surface area contributed by atoms with E-state index in [1.165, 1.54) is 30.3 Å². The fourth-order valence-electron chi connectivity index (χ4n) is 2.32. The number of Topliss-reactive ketones (excluding diaryl/α,β-unsaturated/α-hetero) is 1. The van der Waals surface area contributed by atoms with E-state index in [4.69, 9.17) is 5.73 Å². The number of nitrogens with two attached hydrogens (primary N) is 1. The van der Waals surface area contributed by atoms with Crippen LogP contribution in [-0.2, 0) is 0 Å². The molecule has 0 aromatic heterocycles. The topological polar surface area (TPSA) is 113 Å². The normalized spacial score (nSPS) is 11.0. The number of rotatable bonds is 5. The van der Waals surface area contributed by atoms with Crippen molar-refractivity contribution in [2.75, 3.05) is 11.1 Å². The highest BCUT2D eigenvalue weighted by Gasteiger charge is 2.29. The molecule has 0 unspecified atom stereocenters. The van der Waals surface area contributed by atoms with Crippen molar-refractivity contribution < 1.29 is 19.8 Å². The van der Waals surface area contributed by atoms with Crippen LogP contribution in [0.2, 0.25) is 0 Å². The van der Waals surface area contributed by atoms with Crippen LogP contribution in [0, 0.1) is 0 Å². The summed E-state index contributed by atoms with van der Waals surface area (Å²) in [7, 11) is 0. The summed E-state index contributed by atoms with van der Waals surface area (Å²) in [4.78, 5) is 23.5. The fourth-order valence-corrected chi connectivity index (χ4v) is 2.32. The van der Waals surface area contributed by atoms with Crippen molar-refractivity contribution in [2.24, 2.45) is 0 Å². The Labute approximate surface area is 133 Å². The van der Waals surface area contributed by atoms with Gasteiger partial charge in [0.15, 0.2) is 5.78 Å². The van der Waals surface area contributed by atoms with Gasteiger partial charge in [-0.2, -0.15) is 0 Å². The highest BCUT2D eigenvalue weighted by molar-refractivity contribution is 6.05. The molecule has 0 heterocycles. The molecule has 2 aromatic carbocycles. The van der Waals surface area contributed by atoms with Crippen LogP contribution in [0.3, 0.4) is 0 Å². The molecule has 0 aliphatic rings. The average Bonchev–Trinajstić information content (AvgIpc) is 2.44. The maximum absolute atomic E-state index is 12.7. The van der Waals surface area contributed by atoms with E-state index in [2.05, 4.69) is 5.32 Å². The van der Waals surface area contributed by atoms with Crippen molar-refractivity contribution >= 4 is 23.4 Å². The Balaban J connectivity index is 2.33. The molecule has 0 bridgehead atoms. The molecule has 6 heteroatoms. The van der Waals surface area contributed by atoms with Crippen LogP contribution in [0.15, 0.2) is 36.4 Å². The van der Waals surface area contributed by atoms with Crippen molar-refractivity contribution in [3.63, 3.8) is 0 Å². The van der Waals surface area contributed by atoms with E-state index in [0.717, 1.165) is 0 Å². The van der Waals surface area contributed by atoms with Gasteiger partial charge in [0.05, 0.1) is 5.54 Å². The first kappa shape index (κ1) is 16.4. The van der Waals surface area contributed by atoms with Crippen molar-refractivity contribution in [3.8, 4) is 11.5 Å². The number of aromatic hydroxyl groups is 2. The second kappa shape index (κ2) is 6.00. The van der Waals surface area contributed by atoms with Gasteiger partial charge in [-0.15, -0.1) is 0 Å². The van der Waals surface area contributed by atoms with E-state index < -0.39 is 5.54 Å². The standard InChI is InChI=1S/C17H18N2O4/c1-17(2,19-13-6-12(18)7-15(22)8-13)16(23)11-3-10(9-20)4-14(21)5-11/h3-9,19,21-22H,18H2,1-2H3. The number of anilines is 2. The Morgan fingerprint density at radius 1 is 1.09 bits per heavy atom. The Morgan fingerprint density at radius 2 is 1.74 bits per heavy atom. The number of carbonyl (C=O) groups excluding carboxylic acids is 2. The minimum atomic E-state index is -1.05. The van der Waals surface area contributed by atoms with Crippen LogP contribution in [0.1, 0.15) is 34.6 Å². The lowest BCUT2D eigenvalue weighted by Gasteiger charge is -2.26. The SMILES string of the molecule is CC(C)(Nc1cc(N)cc(O)c1)C(=O)c1cc(O)cc(C=O)c1. The van der Waals surface area contributed by atoms with E-state index in [0.29, 0.717) is 17.7 Å². The monoisotopic (exact) mass is 314 g/mol. The van der Waals surface area contributed by atoms with Gasteiger partial charge in [-0.05, 0) is 38.1 Å². The molecule has 0 spiro atoms. The number of aldehydes is 1. The first-order valence-corrected chi connectivity index (χ1v) is 6.93. The molecular weight excluding hydrogens is 296 g/mol. The van der Waals surface area contributed by atoms with Crippen LogP contribution in [0.4, 0.5) is 11.4 Å². The van der Waals surface area contributed by atoms with Gasteiger partial charge in [-0.1, -0.05) is 0 Å². The molecule has 0 atom stereocenters. The van der Waals surface area contributed by atoms with Crippen LogP contribution >= 0.6 is 0 Å². The van der Waals surface area contributed by atoms with E-state index in [1.54, 1.807) is 19.9 Å².